The van der Waals surface area contributed by atoms with Crippen LogP contribution < -0.4 is 16.0 Å². The number of nitrogen functional groups attached to an aromatic ring is 1. The standard InChI is InChI=1S/C22H27N5O2/c23-19-16-18(22(29)26-10-8-24-9-11-26)6-7-20(19)25-12-14-27(15-13-25)21(28)17-4-2-1-3-5-17/h1-7,16,24H,8-15,23H2. The van der Waals surface area contributed by atoms with Crippen LogP contribution in [0.25, 0.3) is 0 Å². The van der Waals surface area contributed by atoms with Gasteiger partial charge in [-0.25, -0.2) is 0 Å². The van der Waals surface area contributed by atoms with Crippen LogP contribution in [0.1, 0.15) is 20.7 Å². The van der Waals surface area contributed by atoms with Crippen molar-refractivity contribution in [2.45, 2.75) is 0 Å². The van der Waals surface area contributed by atoms with Crippen LogP contribution in [0.15, 0.2) is 48.5 Å². The number of nitrogens with one attached hydrogen (secondary N) is 1. The van der Waals surface area contributed by atoms with E-state index in [0.717, 1.165) is 37.4 Å². The molecule has 4 rings (SSSR count). The molecule has 2 aromatic carbocycles. The fraction of sp³-hybridized carbons (Fsp3) is 0.364. The van der Waals surface area contributed by atoms with Crippen LogP contribution in [0.3, 0.4) is 0 Å². The van der Waals surface area contributed by atoms with Crippen LogP contribution in [0.4, 0.5) is 11.4 Å². The minimum Gasteiger partial charge on any atom is -0.397 e. The molecule has 0 aliphatic carbocycles. The fourth-order valence-corrected chi connectivity index (χ4v) is 3.94. The Morgan fingerprint density at radius 1 is 0.759 bits per heavy atom. The normalized spacial score (nSPS) is 17.3. The van der Waals surface area contributed by atoms with Gasteiger partial charge in [0, 0.05) is 63.5 Å². The topological polar surface area (TPSA) is 81.9 Å². The first-order valence-corrected chi connectivity index (χ1v) is 10.1. The van der Waals surface area contributed by atoms with Crippen molar-refractivity contribution in [2.75, 3.05) is 63.0 Å². The number of carbonyl (C=O) groups is 2. The lowest BCUT2D eigenvalue weighted by molar-refractivity contribution is 0.0731. The summed E-state index contributed by atoms with van der Waals surface area (Å²) in [6, 6.07) is 14.9. The number of hydrogen-bond donors (Lipinski definition) is 2. The van der Waals surface area contributed by atoms with Crippen LogP contribution in [-0.2, 0) is 0 Å². The highest BCUT2D eigenvalue weighted by Crippen LogP contribution is 2.26. The molecule has 7 nitrogen and oxygen atoms in total. The lowest BCUT2D eigenvalue weighted by Gasteiger charge is -2.36. The van der Waals surface area contributed by atoms with Crippen molar-refractivity contribution in [1.29, 1.82) is 0 Å². The van der Waals surface area contributed by atoms with Gasteiger partial charge in [0.05, 0.1) is 11.4 Å². The van der Waals surface area contributed by atoms with E-state index in [4.69, 9.17) is 5.73 Å². The van der Waals surface area contributed by atoms with Crippen molar-refractivity contribution in [3.63, 3.8) is 0 Å². The monoisotopic (exact) mass is 393 g/mol. The van der Waals surface area contributed by atoms with E-state index < -0.39 is 0 Å². The first-order chi connectivity index (χ1) is 14.1. The summed E-state index contributed by atoms with van der Waals surface area (Å²) in [5, 5.41) is 3.25. The summed E-state index contributed by atoms with van der Waals surface area (Å²) in [6.45, 7) is 5.82. The highest BCUT2D eigenvalue weighted by Gasteiger charge is 2.24. The van der Waals surface area contributed by atoms with Gasteiger partial charge in [0.1, 0.15) is 0 Å². The molecule has 152 valence electrons. The zero-order chi connectivity index (χ0) is 20.2. The lowest BCUT2D eigenvalue weighted by Crippen LogP contribution is -2.49. The number of nitrogens with zero attached hydrogens (tertiary/aromatic N) is 3. The SMILES string of the molecule is Nc1cc(C(=O)N2CCNCC2)ccc1N1CCN(C(=O)c2ccccc2)CC1. The van der Waals surface area contributed by atoms with Gasteiger partial charge in [0.25, 0.3) is 11.8 Å². The first-order valence-electron chi connectivity index (χ1n) is 10.1. The summed E-state index contributed by atoms with van der Waals surface area (Å²) in [6.07, 6.45) is 0. The fourth-order valence-electron chi connectivity index (χ4n) is 3.94. The third kappa shape index (κ3) is 4.19. The average Bonchev–Trinajstić information content (AvgIpc) is 2.79. The van der Waals surface area contributed by atoms with Crippen LogP contribution in [0, 0.1) is 0 Å². The van der Waals surface area contributed by atoms with Gasteiger partial charge in [-0.15, -0.1) is 0 Å². The summed E-state index contributed by atoms with van der Waals surface area (Å²) >= 11 is 0. The van der Waals surface area contributed by atoms with E-state index in [9.17, 15) is 9.59 Å². The molecule has 2 aromatic rings. The molecule has 0 atom stereocenters. The third-order valence-corrected chi connectivity index (χ3v) is 5.61. The minimum atomic E-state index is 0.0306. The first kappa shape index (κ1) is 19.3. The van der Waals surface area contributed by atoms with Gasteiger partial charge in [-0.1, -0.05) is 18.2 Å². The quantitative estimate of drug-likeness (QED) is 0.768. The largest absolute Gasteiger partial charge is 0.397 e. The average molecular weight is 393 g/mol. The second kappa shape index (κ2) is 8.53. The van der Waals surface area contributed by atoms with Crippen LogP contribution in [0.5, 0.6) is 0 Å². The van der Waals surface area contributed by atoms with E-state index in [-0.39, 0.29) is 11.8 Å². The van der Waals surface area contributed by atoms with E-state index in [0.29, 0.717) is 37.4 Å². The predicted molar refractivity (Wildman–Crippen MR) is 114 cm³/mol. The molecule has 0 radical (unpaired) electrons. The number of anilines is 2. The molecule has 0 bridgehead atoms. The van der Waals surface area contributed by atoms with E-state index >= 15 is 0 Å². The molecular formula is C22H27N5O2. The molecule has 3 N–H and O–H groups in total. The number of carbonyl (C=O) groups excluding carboxylic acids is 2. The molecular weight excluding hydrogens is 366 g/mol. The van der Waals surface area contributed by atoms with Gasteiger partial charge in [0.2, 0.25) is 0 Å². The summed E-state index contributed by atoms with van der Waals surface area (Å²) in [4.78, 5) is 31.2. The molecule has 0 aromatic heterocycles. The number of rotatable bonds is 3. The highest BCUT2D eigenvalue weighted by molar-refractivity contribution is 5.96. The molecule has 2 heterocycles. The molecule has 2 saturated heterocycles. The van der Waals surface area contributed by atoms with Crippen molar-refractivity contribution < 1.29 is 9.59 Å². The zero-order valence-corrected chi connectivity index (χ0v) is 16.5. The Kier molecular flexibility index (Phi) is 5.67. The van der Waals surface area contributed by atoms with Crippen molar-refractivity contribution in [3.05, 3.63) is 59.7 Å². The Labute approximate surface area is 171 Å². The summed E-state index contributed by atoms with van der Waals surface area (Å²) in [5.74, 6) is 0.0956. The van der Waals surface area contributed by atoms with Crippen LogP contribution in [-0.4, -0.2) is 74.0 Å². The van der Waals surface area contributed by atoms with Crippen molar-refractivity contribution in [2.24, 2.45) is 0 Å². The van der Waals surface area contributed by atoms with Crippen molar-refractivity contribution in [1.82, 2.24) is 15.1 Å². The maximum absolute atomic E-state index is 12.7. The molecule has 2 aliphatic heterocycles. The number of benzene rings is 2. The maximum atomic E-state index is 12.7. The molecule has 0 spiro atoms. The molecule has 2 fully saturated rings. The smallest absolute Gasteiger partial charge is 0.254 e. The van der Waals surface area contributed by atoms with Gasteiger partial charge in [-0.3, -0.25) is 9.59 Å². The number of hydrogen-bond acceptors (Lipinski definition) is 5. The van der Waals surface area contributed by atoms with Gasteiger partial charge in [-0.2, -0.15) is 0 Å². The van der Waals surface area contributed by atoms with Gasteiger partial charge < -0.3 is 25.8 Å². The maximum Gasteiger partial charge on any atom is 0.254 e. The van der Waals surface area contributed by atoms with Gasteiger partial charge >= 0.3 is 0 Å². The molecule has 2 amide bonds. The molecule has 0 saturated carbocycles. The molecule has 29 heavy (non-hydrogen) atoms. The number of amides is 2. The second-order valence-electron chi connectivity index (χ2n) is 7.46. The zero-order valence-electron chi connectivity index (χ0n) is 16.5. The lowest BCUT2D eigenvalue weighted by atomic mass is 10.1. The summed E-state index contributed by atoms with van der Waals surface area (Å²) in [7, 11) is 0. The molecule has 0 unspecified atom stereocenters. The van der Waals surface area contributed by atoms with E-state index in [1.54, 1.807) is 6.07 Å². The molecule has 2 aliphatic rings. The Hall–Kier alpha value is -3.06. The Bertz CT molecular complexity index is 872. The van der Waals surface area contributed by atoms with Gasteiger partial charge in [0.15, 0.2) is 0 Å². The van der Waals surface area contributed by atoms with E-state index in [2.05, 4.69) is 10.2 Å². The summed E-state index contributed by atoms with van der Waals surface area (Å²) < 4.78 is 0. The van der Waals surface area contributed by atoms with E-state index in [1.807, 2.05) is 52.3 Å². The number of piperazine rings is 2. The number of nitrogens with two attached hydrogens (primary N) is 1. The predicted octanol–water partition coefficient (Wildman–Crippen LogP) is 1.28. The van der Waals surface area contributed by atoms with Crippen molar-refractivity contribution in [3.8, 4) is 0 Å². The minimum absolute atomic E-state index is 0.0306. The second-order valence-corrected chi connectivity index (χ2v) is 7.46. The third-order valence-electron chi connectivity index (χ3n) is 5.61. The van der Waals surface area contributed by atoms with E-state index in [1.165, 1.54) is 0 Å². The van der Waals surface area contributed by atoms with Crippen molar-refractivity contribution >= 4 is 23.2 Å². The Balaban J connectivity index is 1.39. The van der Waals surface area contributed by atoms with Gasteiger partial charge in [-0.05, 0) is 30.3 Å². The molecule has 7 heteroatoms. The van der Waals surface area contributed by atoms with Crippen LogP contribution in [0.2, 0.25) is 0 Å². The Morgan fingerprint density at radius 2 is 1.38 bits per heavy atom. The van der Waals surface area contributed by atoms with Crippen LogP contribution >= 0.6 is 0 Å². The Morgan fingerprint density at radius 3 is 2.03 bits per heavy atom. The highest BCUT2D eigenvalue weighted by atomic mass is 16.2. The summed E-state index contributed by atoms with van der Waals surface area (Å²) in [5.41, 5.74) is 9.18.